The fraction of sp³-hybridized carbons (Fsp3) is 0.273. The highest BCUT2D eigenvalue weighted by atomic mass is 16.5. The highest BCUT2D eigenvalue weighted by Gasteiger charge is 2.37. The molecule has 3 amide bonds. The normalized spacial score (nSPS) is 13.8. The van der Waals surface area contributed by atoms with E-state index in [9.17, 15) is 19.2 Å². The minimum absolute atomic E-state index is 0.0164. The summed E-state index contributed by atoms with van der Waals surface area (Å²) in [5.41, 5.74) is 1.76. The molecule has 0 radical (unpaired) electrons. The Hall–Kier alpha value is -3.48. The third kappa shape index (κ3) is 4.03. The number of rotatable bonds is 6. The third-order valence-corrected chi connectivity index (χ3v) is 4.83. The summed E-state index contributed by atoms with van der Waals surface area (Å²) in [7, 11) is 0. The van der Waals surface area contributed by atoms with Gasteiger partial charge in [-0.1, -0.05) is 25.1 Å². The number of hydrogen-bond donors (Lipinski definition) is 1. The molecule has 1 atom stereocenters. The number of nitrogens with one attached hydrogen (secondary N) is 1. The van der Waals surface area contributed by atoms with Gasteiger partial charge in [0.25, 0.3) is 17.7 Å². The zero-order valence-electron chi connectivity index (χ0n) is 16.5. The zero-order valence-corrected chi connectivity index (χ0v) is 16.5. The van der Waals surface area contributed by atoms with Gasteiger partial charge in [-0.25, -0.2) is 9.69 Å². The second kappa shape index (κ2) is 8.26. The van der Waals surface area contributed by atoms with Gasteiger partial charge in [-0.05, 0) is 50.1 Å². The second-order valence-electron chi connectivity index (χ2n) is 6.95. The van der Waals surface area contributed by atoms with Crippen molar-refractivity contribution in [2.45, 2.75) is 33.2 Å². The first-order chi connectivity index (χ1) is 13.8. The Bertz CT molecular complexity index is 998. The van der Waals surface area contributed by atoms with Crippen LogP contribution in [0.2, 0.25) is 0 Å². The van der Waals surface area contributed by atoms with Gasteiger partial charge in [0.1, 0.15) is 0 Å². The summed E-state index contributed by atoms with van der Waals surface area (Å²) in [5.74, 6) is -2.07. The predicted octanol–water partition coefficient (Wildman–Crippen LogP) is 2.87. The average molecular weight is 394 g/mol. The van der Waals surface area contributed by atoms with Crippen LogP contribution in [-0.2, 0) is 9.53 Å². The molecule has 150 valence electrons. The van der Waals surface area contributed by atoms with Crippen molar-refractivity contribution in [1.82, 2.24) is 5.32 Å². The number of para-hydroxylation sites is 1. The average Bonchev–Trinajstić information content (AvgIpc) is 2.96. The molecule has 29 heavy (non-hydrogen) atoms. The van der Waals surface area contributed by atoms with Crippen molar-refractivity contribution in [3.05, 3.63) is 64.7 Å². The number of esters is 1. The lowest BCUT2D eigenvalue weighted by Crippen LogP contribution is -2.35. The van der Waals surface area contributed by atoms with E-state index in [2.05, 4.69) is 5.32 Å². The van der Waals surface area contributed by atoms with Gasteiger partial charge in [-0.2, -0.15) is 0 Å². The van der Waals surface area contributed by atoms with Gasteiger partial charge in [0.15, 0.2) is 6.61 Å². The largest absolute Gasteiger partial charge is 0.452 e. The molecule has 0 bridgehead atoms. The monoisotopic (exact) mass is 394 g/mol. The predicted molar refractivity (Wildman–Crippen MR) is 107 cm³/mol. The number of anilines is 1. The first-order valence-corrected chi connectivity index (χ1v) is 9.38. The van der Waals surface area contributed by atoms with Gasteiger partial charge in [0.05, 0.1) is 22.4 Å². The van der Waals surface area contributed by atoms with Gasteiger partial charge >= 0.3 is 5.97 Å². The molecule has 0 spiro atoms. The molecule has 2 aromatic carbocycles. The summed E-state index contributed by atoms with van der Waals surface area (Å²) in [5, 5.41) is 2.70. The van der Waals surface area contributed by atoms with Crippen LogP contribution in [0.1, 0.15) is 56.9 Å². The topological polar surface area (TPSA) is 92.8 Å². The van der Waals surface area contributed by atoms with Gasteiger partial charge in [0, 0.05) is 6.04 Å². The number of amides is 3. The first-order valence-electron chi connectivity index (χ1n) is 9.38. The Balaban J connectivity index is 1.77. The van der Waals surface area contributed by atoms with Crippen molar-refractivity contribution in [2.75, 3.05) is 11.5 Å². The number of benzene rings is 2. The molecule has 1 unspecified atom stereocenters. The number of nitrogens with zero attached hydrogens (tertiary/aromatic N) is 1. The van der Waals surface area contributed by atoms with Crippen molar-refractivity contribution >= 4 is 29.4 Å². The van der Waals surface area contributed by atoms with Crippen molar-refractivity contribution in [1.29, 1.82) is 0 Å². The maximum Gasteiger partial charge on any atom is 0.338 e. The summed E-state index contributed by atoms with van der Waals surface area (Å²) < 4.78 is 5.03. The van der Waals surface area contributed by atoms with Gasteiger partial charge < -0.3 is 10.1 Å². The Morgan fingerprint density at radius 3 is 2.45 bits per heavy atom. The summed E-state index contributed by atoms with van der Waals surface area (Å²) >= 11 is 0. The molecule has 3 rings (SSSR count). The van der Waals surface area contributed by atoms with Crippen LogP contribution >= 0.6 is 0 Å². The molecule has 1 N–H and O–H groups in total. The summed E-state index contributed by atoms with van der Waals surface area (Å²) in [6.07, 6.45) is 0.762. The van der Waals surface area contributed by atoms with E-state index in [4.69, 9.17) is 4.74 Å². The lowest BCUT2D eigenvalue weighted by molar-refractivity contribution is -0.124. The molecule has 0 aromatic heterocycles. The lowest BCUT2D eigenvalue weighted by Gasteiger charge is -2.16. The smallest absolute Gasteiger partial charge is 0.338 e. The van der Waals surface area contributed by atoms with Crippen LogP contribution in [0.5, 0.6) is 0 Å². The van der Waals surface area contributed by atoms with Crippen LogP contribution in [0, 0.1) is 6.92 Å². The number of fused-ring (bicyclic) bond motifs is 1. The number of ether oxygens (including phenoxy) is 1. The van der Waals surface area contributed by atoms with E-state index >= 15 is 0 Å². The van der Waals surface area contributed by atoms with Crippen LogP contribution in [0.15, 0.2) is 42.5 Å². The Morgan fingerprint density at radius 2 is 1.76 bits per heavy atom. The molecule has 2 aromatic rings. The molecular formula is C22H22N2O5. The quantitative estimate of drug-likeness (QED) is 0.601. The van der Waals surface area contributed by atoms with E-state index in [1.807, 2.05) is 32.9 Å². The molecule has 0 fully saturated rings. The van der Waals surface area contributed by atoms with Gasteiger partial charge in [-0.15, -0.1) is 0 Å². The number of hydrogen-bond acceptors (Lipinski definition) is 5. The van der Waals surface area contributed by atoms with Gasteiger partial charge in [0.2, 0.25) is 0 Å². The molecular weight excluding hydrogens is 372 g/mol. The van der Waals surface area contributed by atoms with Crippen molar-refractivity contribution in [3.63, 3.8) is 0 Å². The van der Waals surface area contributed by atoms with E-state index in [-0.39, 0.29) is 22.7 Å². The van der Waals surface area contributed by atoms with Crippen LogP contribution < -0.4 is 10.2 Å². The second-order valence-corrected chi connectivity index (χ2v) is 6.95. The lowest BCUT2D eigenvalue weighted by atomic mass is 10.1. The van der Waals surface area contributed by atoms with Crippen LogP contribution in [0.4, 0.5) is 5.69 Å². The molecule has 7 nitrogen and oxygen atoms in total. The molecule has 1 heterocycles. The highest BCUT2D eigenvalue weighted by Crippen LogP contribution is 2.31. The molecule has 0 saturated heterocycles. The SMILES string of the molecule is CCC(C)NC(=O)COC(=O)c1ccc2c(c1)C(=O)N(c1ccccc1C)C2=O. The summed E-state index contributed by atoms with van der Waals surface area (Å²) in [6, 6.07) is 11.2. The van der Waals surface area contributed by atoms with E-state index in [0.717, 1.165) is 16.9 Å². The zero-order chi connectivity index (χ0) is 21.1. The molecule has 7 heteroatoms. The Morgan fingerprint density at radius 1 is 1.07 bits per heavy atom. The standard InChI is InChI=1S/C22H22N2O5/c1-4-14(3)23-19(25)12-29-22(28)15-9-10-16-17(11-15)21(27)24(20(16)26)18-8-6-5-7-13(18)2/h5-11,14H,4,12H2,1-3H3,(H,23,25). The van der Waals surface area contributed by atoms with Crippen LogP contribution in [0.25, 0.3) is 0 Å². The minimum atomic E-state index is -0.735. The van der Waals surface area contributed by atoms with Crippen molar-refractivity contribution in [3.8, 4) is 0 Å². The summed E-state index contributed by atoms with van der Waals surface area (Å²) in [4.78, 5) is 50.7. The fourth-order valence-electron chi connectivity index (χ4n) is 3.03. The van der Waals surface area contributed by atoms with Crippen molar-refractivity contribution < 1.29 is 23.9 Å². The first kappa shape index (κ1) is 20.3. The molecule has 0 aliphatic carbocycles. The number of carbonyl (C=O) groups is 4. The fourth-order valence-corrected chi connectivity index (χ4v) is 3.03. The van der Waals surface area contributed by atoms with E-state index in [0.29, 0.717) is 5.69 Å². The number of aryl methyl sites for hydroxylation is 1. The highest BCUT2D eigenvalue weighted by molar-refractivity contribution is 6.34. The maximum absolute atomic E-state index is 12.8. The Kier molecular flexibility index (Phi) is 5.77. The molecule has 1 aliphatic rings. The van der Waals surface area contributed by atoms with E-state index < -0.39 is 30.3 Å². The molecule has 0 saturated carbocycles. The number of carbonyl (C=O) groups excluding carboxylic acids is 4. The van der Waals surface area contributed by atoms with Crippen LogP contribution in [0.3, 0.4) is 0 Å². The minimum Gasteiger partial charge on any atom is -0.452 e. The Labute approximate surface area is 168 Å². The van der Waals surface area contributed by atoms with Crippen LogP contribution in [-0.4, -0.2) is 36.3 Å². The van der Waals surface area contributed by atoms with Crippen molar-refractivity contribution in [2.24, 2.45) is 0 Å². The maximum atomic E-state index is 12.8. The summed E-state index contributed by atoms with van der Waals surface area (Å²) in [6.45, 7) is 5.18. The number of imide groups is 1. The van der Waals surface area contributed by atoms with E-state index in [1.54, 1.807) is 12.1 Å². The molecule has 1 aliphatic heterocycles. The van der Waals surface area contributed by atoms with Gasteiger partial charge in [-0.3, -0.25) is 14.4 Å². The van der Waals surface area contributed by atoms with E-state index in [1.165, 1.54) is 18.2 Å². The third-order valence-electron chi connectivity index (χ3n) is 4.83.